The first kappa shape index (κ1) is 16.4. The van der Waals surface area contributed by atoms with E-state index < -0.39 is 9.84 Å². The highest BCUT2D eigenvalue weighted by atomic mass is 32.2. The van der Waals surface area contributed by atoms with Gasteiger partial charge in [-0.15, -0.1) is 0 Å². The van der Waals surface area contributed by atoms with Crippen molar-refractivity contribution in [2.75, 3.05) is 11.5 Å². The fraction of sp³-hybridized carbons (Fsp3) is 0.688. The number of aromatic nitrogens is 2. The van der Waals surface area contributed by atoms with Crippen LogP contribution in [0.25, 0.3) is 0 Å². The van der Waals surface area contributed by atoms with Crippen LogP contribution in [0.5, 0.6) is 0 Å². The minimum atomic E-state index is -2.93. The number of carbonyl (C=O) groups excluding carboxylic acids is 1. The van der Waals surface area contributed by atoms with Gasteiger partial charge in [0.15, 0.2) is 9.84 Å². The van der Waals surface area contributed by atoms with Gasteiger partial charge in [0.05, 0.1) is 23.7 Å². The molecule has 0 unspecified atom stereocenters. The molecule has 1 aromatic heterocycles. The van der Waals surface area contributed by atoms with E-state index in [0.717, 1.165) is 17.1 Å². The van der Waals surface area contributed by atoms with Gasteiger partial charge in [-0.3, -0.25) is 4.79 Å². The second kappa shape index (κ2) is 5.54. The zero-order valence-corrected chi connectivity index (χ0v) is 14.7. The van der Waals surface area contributed by atoms with Crippen molar-refractivity contribution in [3.8, 4) is 0 Å². The third-order valence-corrected chi connectivity index (χ3v) is 6.31. The van der Waals surface area contributed by atoms with Crippen LogP contribution in [-0.2, 0) is 33.1 Å². The molecule has 1 amide bonds. The van der Waals surface area contributed by atoms with Crippen LogP contribution in [-0.4, -0.2) is 40.7 Å². The summed E-state index contributed by atoms with van der Waals surface area (Å²) in [5.74, 6) is 1.13. The van der Waals surface area contributed by atoms with Crippen molar-refractivity contribution in [2.45, 2.75) is 52.1 Å². The van der Waals surface area contributed by atoms with Crippen LogP contribution < -0.4 is 0 Å². The molecule has 1 atom stereocenters. The van der Waals surface area contributed by atoms with E-state index in [-0.39, 0.29) is 28.7 Å². The van der Waals surface area contributed by atoms with Gasteiger partial charge in [-0.1, -0.05) is 20.8 Å². The van der Waals surface area contributed by atoms with E-state index in [1.807, 2.05) is 6.20 Å². The predicted molar refractivity (Wildman–Crippen MR) is 86.4 cm³/mol. The molecular formula is C16H23N3O3S. The van der Waals surface area contributed by atoms with Crippen LogP contribution in [0.2, 0.25) is 0 Å². The summed E-state index contributed by atoms with van der Waals surface area (Å²) >= 11 is 0. The standard InChI is InChI=1S/C16H23N3O3S/c1-16(2,3)15-17-7-12-8-19(9-13(12)18-15)14(20)6-11-4-5-23(21,22)10-11/h7,11H,4-6,8-10H2,1-3H3/t11-/m0/s1. The molecule has 7 heteroatoms. The zero-order valence-electron chi connectivity index (χ0n) is 13.9. The van der Waals surface area contributed by atoms with Crippen LogP contribution in [0.3, 0.4) is 0 Å². The molecule has 3 rings (SSSR count). The monoisotopic (exact) mass is 337 g/mol. The van der Waals surface area contributed by atoms with Crippen LogP contribution >= 0.6 is 0 Å². The van der Waals surface area contributed by atoms with Crippen LogP contribution in [0.1, 0.15) is 50.7 Å². The van der Waals surface area contributed by atoms with Gasteiger partial charge in [-0.25, -0.2) is 18.4 Å². The number of carbonyl (C=O) groups is 1. The third kappa shape index (κ3) is 3.54. The molecule has 0 aliphatic carbocycles. The van der Waals surface area contributed by atoms with E-state index in [0.29, 0.717) is 25.9 Å². The summed E-state index contributed by atoms with van der Waals surface area (Å²) in [5.41, 5.74) is 1.78. The first-order valence-corrected chi connectivity index (χ1v) is 9.80. The van der Waals surface area contributed by atoms with E-state index in [1.165, 1.54) is 0 Å². The Labute approximate surface area is 137 Å². The second-order valence-electron chi connectivity index (χ2n) is 7.64. The molecule has 23 heavy (non-hydrogen) atoms. The number of amides is 1. The quantitative estimate of drug-likeness (QED) is 0.816. The molecule has 6 nitrogen and oxygen atoms in total. The Balaban J connectivity index is 1.66. The summed E-state index contributed by atoms with van der Waals surface area (Å²) in [4.78, 5) is 23.2. The number of hydrogen-bond acceptors (Lipinski definition) is 5. The van der Waals surface area contributed by atoms with E-state index in [1.54, 1.807) is 4.90 Å². The average molecular weight is 337 g/mol. The van der Waals surface area contributed by atoms with Crippen LogP contribution in [0, 0.1) is 5.92 Å². The summed E-state index contributed by atoms with van der Waals surface area (Å²) in [7, 11) is -2.93. The summed E-state index contributed by atoms with van der Waals surface area (Å²) in [6.07, 6.45) is 2.73. The molecule has 0 bridgehead atoms. The first-order valence-electron chi connectivity index (χ1n) is 7.97. The average Bonchev–Trinajstić information content (AvgIpc) is 3.00. The molecule has 126 valence electrons. The summed E-state index contributed by atoms with van der Waals surface area (Å²) in [6.45, 7) is 7.21. The van der Waals surface area contributed by atoms with Gasteiger partial charge in [0, 0.05) is 30.1 Å². The molecule has 3 heterocycles. The van der Waals surface area contributed by atoms with Gasteiger partial charge in [-0.2, -0.15) is 0 Å². The Morgan fingerprint density at radius 1 is 1.35 bits per heavy atom. The van der Waals surface area contributed by atoms with Crippen molar-refractivity contribution in [2.24, 2.45) is 5.92 Å². The lowest BCUT2D eigenvalue weighted by atomic mass is 9.95. The molecule has 2 aliphatic rings. The number of fused-ring (bicyclic) bond motifs is 1. The molecule has 0 spiro atoms. The molecule has 0 saturated carbocycles. The maximum Gasteiger partial charge on any atom is 0.223 e. The minimum Gasteiger partial charge on any atom is -0.332 e. The first-order chi connectivity index (χ1) is 10.6. The summed E-state index contributed by atoms with van der Waals surface area (Å²) < 4.78 is 23.0. The van der Waals surface area contributed by atoms with Crippen molar-refractivity contribution in [3.05, 3.63) is 23.3 Å². The molecule has 0 radical (unpaired) electrons. The Kier molecular flexibility index (Phi) is 3.94. The van der Waals surface area contributed by atoms with Crippen LogP contribution in [0.4, 0.5) is 0 Å². The van der Waals surface area contributed by atoms with E-state index in [4.69, 9.17) is 0 Å². The van der Waals surface area contributed by atoms with Crippen molar-refractivity contribution in [1.29, 1.82) is 0 Å². The van der Waals surface area contributed by atoms with Gasteiger partial charge < -0.3 is 4.90 Å². The van der Waals surface area contributed by atoms with Crippen molar-refractivity contribution >= 4 is 15.7 Å². The molecule has 1 fully saturated rings. The largest absolute Gasteiger partial charge is 0.332 e. The molecule has 1 saturated heterocycles. The van der Waals surface area contributed by atoms with E-state index >= 15 is 0 Å². The normalized spacial score (nSPS) is 23.1. The Hall–Kier alpha value is -1.50. The van der Waals surface area contributed by atoms with Crippen molar-refractivity contribution in [1.82, 2.24) is 14.9 Å². The maximum atomic E-state index is 12.4. The highest BCUT2D eigenvalue weighted by Crippen LogP contribution is 2.27. The zero-order chi connectivity index (χ0) is 16.8. The van der Waals surface area contributed by atoms with Gasteiger partial charge >= 0.3 is 0 Å². The highest BCUT2D eigenvalue weighted by molar-refractivity contribution is 7.91. The lowest BCUT2D eigenvalue weighted by Crippen LogP contribution is -2.27. The highest BCUT2D eigenvalue weighted by Gasteiger charge is 2.33. The Morgan fingerprint density at radius 2 is 2.09 bits per heavy atom. The van der Waals surface area contributed by atoms with Crippen molar-refractivity contribution < 1.29 is 13.2 Å². The van der Waals surface area contributed by atoms with E-state index in [2.05, 4.69) is 30.7 Å². The second-order valence-corrected chi connectivity index (χ2v) is 9.87. The fourth-order valence-corrected chi connectivity index (χ4v) is 4.96. The Morgan fingerprint density at radius 3 is 2.70 bits per heavy atom. The number of sulfone groups is 1. The predicted octanol–water partition coefficient (Wildman–Crippen LogP) is 1.44. The number of rotatable bonds is 2. The van der Waals surface area contributed by atoms with Gasteiger partial charge in [0.25, 0.3) is 0 Å². The lowest BCUT2D eigenvalue weighted by Gasteiger charge is -2.17. The SMILES string of the molecule is CC(C)(C)c1ncc2c(n1)CN(C(=O)C[C@@H]1CCS(=O)(=O)C1)C2. The third-order valence-electron chi connectivity index (χ3n) is 4.47. The molecule has 0 N–H and O–H groups in total. The lowest BCUT2D eigenvalue weighted by molar-refractivity contribution is -0.132. The molecule has 2 aliphatic heterocycles. The Bertz CT molecular complexity index is 737. The summed E-state index contributed by atoms with van der Waals surface area (Å²) in [5, 5.41) is 0. The smallest absolute Gasteiger partial charge is 0.223 e. The maximum absolute atomic E-state index is 12.4. The minimum absolute atomic E-state index is 0.0161. The van der Waals surface area contributed by atoms with Crippen LogP contribution in [0.15, 0.2) is 6.20 Å². The van der Waals surface area contributed by atoms with E-state index in [9.17, 15) is 13.2 Å². The topological polar surface area (TPSA) is 80.2 Å². The summed E-state index contributed by atoms with van der Waals surface area (Å²) in [6, 6.07) is 0. The molecule has 0 aromatic carbocycles. The number of nitrogens with zero attached hydrogens (tertiary/aromatic N) is 3. The molecular weight excluding hydrogens is 314 g/mol. The number of hydrogen-bond donors (Lipinski definition) is 0. The molecule has 1 aromatic rings. The van der Waals surface area contributed by atoms with Gasteiger partial charge in [-0.05, 0) is 12.3 Å². The van der Waals surface area contributed by atoms with Crippen molar-refractivity contribution in [3.63, 3.8) is 0 Å². The van der Waals surface area contributed by atoms with Gasteiger partial charge in [0.1, 0.15) is 5.82 Å². The van der Waals surface area contributed by atoms with Gasteiger partial charge in [0.2, 0.25) is 5.91 Å². The fourth-order valence-electron chi connectivity index (χ4n) is 3.10.